The smallest absolute Gasteiger partial charge is 0.306 e. The van der Waals surface area contributed by atoms with Crippen molar-refractivity contribution in [1.82, 2.24) is 0 Å². The molecule has 0 aromatic heterocycles. The number of esters is 3. The third-order valence-electron chi connectivity index (χ3n) is 9.86. The van der Waals surface area contributed by atoms with Gasteiger partial charge in [-0.25, -0.2) is 0 Å². The van der Waals surface area contributed by atoms with Crippen LogP contribution < -0.4 is 0 Å². The molecule has 0 aromatic carbocycles. The standard InChI is InChI=1S/C59H90O6/c1-4-7-10-13-16-19-22-25-28-31-34-37-40-43-46-49-52-58(61)64-55-56(54-63-57(60)51-48-45-42-39-36-33-30-27-24-21-18-15-12-9-6-3)65-59(62)53-50-47-44-41-38-35-32-29-26-23-20-17-14-11-8-5-2/h7-8,10-11,16-21,24-29,34-35,37-38,43-44,46-47,56H,4-6,9,12-15,22-23,30-33,36,39-42,45,48-55H2,1-3H3/b10-7-,11-8-,19-16-,20-17-,21-18-,27-24-,28-25-,29-26-,37-34-,38-35-,46-43-,47-44-. The van der Waals surface area contributed by atoms with Crippen molar-refractivity contribution in [3.05, 3.63) is 146 Å². The zero-order valence-electron chi connectivity index (χ0n) is 41.2. The largest absolute Gasteiger partial charge is 0.462 e. The molecule has 0 bridgehead atoms. The number of rotatable bonds is 43. The van der Waals surface area contributed by atoms with E-state index in [9.17, 15) is 14.4 Å². The highest BCUT2D eigenvalue weighted by atomic mass is 16.6. The monoisotopic (exact) mass is 895 g/mol. The highest BCUT2D eigenvalue weighted by Crippen LogP contribution is 2.11. The van der Waals surface area contributed by atoms with Gasteiger partial charge >= 0.3 is 17.9 Å². The van der Waals surface area contributed by atoms with Crippen molar-refractivity contribution in [2.75, 3.05) is 13.2 Å². The lowest BCUT2D eigenvalue weighted by molar-refractivity contribution is -0.166. The Morgan fingerprint density at radius 1 is 0.338 bits per heavy atom. The SMILES string of the molecule is CC/C=C\C/C=C\C/C=C\C/C=C\C/C=C\CCC(=O)OCC(COC(=O)CCCCCCCC/C=C\C=C/CCCCC)OC(=O)CC/C=C\C/C=C\C/C=C\C/C=C\C/C=C\CC. The van der Waals surface area contributed by atoms with Crippen molar-refractivity contribution in [3.8, 4) is 0 Å². The van der Waals surface area contributed by atoms with Crippen LogP contribution >= 0.6 is 0 Å². The van der Waals surface area contributed by atoms with E-state index in [1.54, 1.807) is 0 Å². The molecular formula is C59H90O6. The van der Waals surface area contributed by atoms with Gasteiger partial charge in [-0.15, -0.1) is 0 Å². The van der Waals surface area contributed by atoms with Gasteiger partial charge in [0.05, 0.1) is 0 Å². The van der Waals surface area contributed by atoms with Crippen LogP contribution in [0.25, 0.3) is 0 Å². The van der Waals surface area contributed by atoms with Gasteiger partial charge in [0.15, 0.2) is 6.10 Å². The number of ether oxygens (including phenoxy) is 3. The van der Waals surface area contributed by atoms with E-state index < -0.39 is 12.1 Å². The Hall–Kier alpha value is -4.71. The minimum absolute atomic E-state index is 0.143. The van der Waals surface area contributed by atoms with Crippen LogP contribution in [0.3, 0.4) is 0 Å². The van der Waals surface area contributed by atoms with Crippen LogP contribution in [0, 0.1) is 0 Å². The molecule has 0 saturated carbocycles. The minimum Gasteiger partial charge on any atom is -0.462 e. The summed E-state index contributed by atoms with van der Waals surface area (Å²) in [5.41, 5.74) is 0. The molecule has 362 valence electrons. The van der Waals surface area contributed by atoms with Gasteiger partial charge < -0.3 is 14.2 Å². The summed E-state index contributed by atoms with van der Waals surface area (Å²) in [7, 11) is 0. The van der Waals surface area contributed by atoms with Crippen LogP contribution in [0.1, 0.15) is 188 Å². The molecule has 0 heterocycles. The lowest BCUT2D eigenvalue weighted by Crippen LogP contribution is -2.30. The van der Waals surface area contributed by atoms with E-state index in [1.807, 2.05) is 24.3 Å². The maximum Gasteiger partial charge on any atom is 0.306 e. The lowest BCUT2D eigenvalue weighted by atomic mass is 10.1. The quantitative estimate of drug-likeness (QED) is 0.0199. The maximum absolute atomic E-state index is 12.8. The Morgan fingerprint density at radius 3 is 1.09 bits per heavy atom. The van der Waals surface area contributed by atoms with E-state index in [2.05, 4.69) is 142 Å². The average molecular weight is 895 g/mol. The molecule has 0 saturated heterocycles. The van der Waals surface area contributed by atoms with Crippen molar-refractivity contribution in [1.29, 1.82) is 0 Å². The molecule has 6 heteroatoms. The maximum atomic E-state index is 12.8. The van der Waals surface area contributed by atoms with Gasteiger partial charge in [0.2, 0.25) is 0 Å². The van der Waals surface area contributed by atoms with E-state index in [0.717, 1.165) is 103 Å². The molecule has 0 radical (unpaired) electrons. The van der Waals surface area contributed by atoms with Crippen molar-refractivity contribution in [2.24, 2.45) is 0 Å². The lowest BCUT2D eigenvalue weighted by Gasteiger charge is -2.18. The topological polar surface area (TPSA) is 78.9 Å². The Kier molecular flexibility index (Phi) is 48.2. The summed E-state index contributed by atoms with van der Waals surface area (Å²) in [4.78, 5) is 37.9. The summed E-state index contributed by atoms with van der Waals surface area (Å²) in [5, 5.41) is 0. The number of allylic oxidation sites excluding steroid dienone is 24. The molecule has 1 unspecified atom stereocenters. The number of hydrogen-bond donors (Lipinski definition) is 0. The van der Waals surface area contributed by atoms with E-state index >= 15 is 0 Å². The minimum atomic E-state index is -0.858. The molecule has 0 amide bonds. The number of unbranched alkanes of at least 4 members (excludes halogenated alkanes) is 9. The number of carbonyl (C=O) groups excluding carboxylic acids is 3. The van der Waals surface area contributed by atoms with Crippen molar-refractivity contribution >= 4 is 17.9 Å². The van der Waals surface area contributed by atoms with Gasteiger partial charge in [-0.3, -0.25) is 14.4 Å². The first-order chi connectivity index (χ1) is 32.0. The predicted octanol–water partition coefficient (Wildman–Crippen LogP) is 16.9. The molecule has 0 aliphatic rings. The number of carbonyl (C=O) groups is 3. The second-order valence-electron chi connectivity index (χ2n) is 16.0. The van der Waals surface area contributed by atoms with Gasteiger partial charge in [-0.2, -0.15) is 0 Å². The second-order valence-corrected chi connectivity index (χ2v) is 16.0. The zero-order chi connectivity index (χ0) is 47.2. The normalized spacial score (nSPS) is 13.3. The van der Waals surface area contributed by atoms with Crippen LogP contribution in [0.15, 0.2) is 146 Å². The van der Waals surface area contributed by atoms with E-state index in [0.29, 0.717) is 19.3 Å². The van der Waals surface area contributed by atoms with Crippen molar-refractivity contribution < 1.29 is 28.6 Å². The summed E-state index contributed by atoms with van der Waals surface area (Å²) in [6, 6.07) is 0. The fraction of sp³-hybridized carbons (Fsp3) is 0.542. The average Bonchev–Trinajstić information content (AvgIpc) is 3.30. The number of hydrogen-bond acceptors (Lipinski definition) is 6. The van der Waals surface area contributed by atoms with Crippen molar-refractivity contribution in [2.45, 2.75) is 194 Å². The fourth-order valence-corrected chi connectivity index (χ4v) is 6.12. The molecule has 0 rings (SSSR count). The Morgan fingerprint density at radius 2 is 0.677 bits per heavy atom. The molecular weight excluding hydrogens is 805 g/mol. The van der Waals surface area contributed by atoms with Crippen LogP contribution in [-0.2, 0) is 28.6 Å². The van der Waals surface area contributed by atoms with Gasteiger partial charge in [0.1, 0.15) is 13.2 Å². The van der Waals surface area contributed by atoms with Crippen LogP contribution in [0.4, 0.5) is 0 Å². The Labute approximate surface area is 397 Å². The van der Waals surface area contributed by atoms with Crippen molar-refractivity contribution in [3.63, 3.8) is 0 Å². The zero-order valence-corrected chi connectivity index (χ0v) is 41.2. The van der Waals surface area contributed by atoms with Gasteiger partial charge in [0.25, 0.3) is 0 Å². The molecule has 65 heavy (non-hydrogen) atoms. The first kappa shape index (κ1) is 60.3. The van der Waals surface area contributed by atoms with E-state index in [1.165, 1.54) is 32.1 Å². The summed E-state index contributed by atoms with van der Waals surface area (Å²) in [5.74, 6) is -1.14. The van der Waals surface area contributed by atoms with E-state index in [4.69, 9.17) is 14.2 Å². The second kappa shape index (κ2) is 51.9. The van der Waals surface area contributed by atoms with Gasteiger partial charge in [-0.05, 0) is 109 Å². The highest BCUT2D eigenvalue weighted by molar-refractivity contribution is 5.71. The highest BCUT2D eigenvalue weighted by Gasteiger charge is 2.19. The molecule has 0 spiro atoms. The van der Waals surface area contributed by atoms with Gasteiger partial charge in [-0.1, -0.05) is 205 Å². The first-order valence-corrected chi connectivity index (χ1v) is 25.4. The summed E-state index contributed by atoms with van der Waals surface area (Å²) in [6.07, 6.45) is 74.2. The molecule has 6 nitrogen and oxygen atoms in total. The Bertz CT molecular complexity index is 1490. The molecule has 0 fully saturated rings. The van der Waals surface area contributed by atoms with Crippen LogP contribution in [-0.4, -0.2) is 37.2 Å². The molecule has 0 N–H and O–H groups in total. The predicted molar refractivity (Wildman–Crippen MR) is 279 cm³/mol. The third-order valence-corrected chi connectivity index (χ3v) is 9.86. The van der Waals surface area contributed by atoms with E-state index in [-0.39, 0.29) is 38.0 Å². The fourth-order valence-electron chi connectivity index (χ4n) is 6.12. The molecule has 0 aliphatic heterocycles. The van der Waals surface area contributed by atoms with Crippen LogP contribution in [0.5, 0.6) is 0 Å². The summed E-state index contributed by atoms with van der Waals surface area (Å²) >= 11 is 0. The third kappa shape index (κ3) is 50.2. The van der Waals surface area contributed by atoms with Crippen LogP contribution in [0.2, 0.25) is 0 Å². The van der Waals surface area contributed by atoms with Gasteiger partial charge in [0, 0.05) is 19.3 Å². The summed E-state index contributed by atoms with van der Waals surface area (Å²) in [6.45, 7) is 6.21. The Balaban J connectivity index is 4.66. The summed E-state index contributed by atoms with van der Waals surface area (Å²) < 4.78 is 16.6. The molecule has 1 atom stereocenters. The molecule has 0 aliphatic carbocycles. The first-order valence-electron chi connectivity index (χ1n) is 25.4. The molecule has 0 aromatic rings.